The van der Waals surface area contributed by atoms with E-state index in [9.17, 15) is 5.11 Å². The molecule has 0 unspecified atom stereocenters. The topological polar surface area (TPSA) is 40.5 Å². The predicted molar refractivity (Wildman–Crippen MR) is 51.1 cm³/mol. The molecule has 0 aliphatic rings. The van der Waals surface area contributed by atoms with E-state index in [0.29, 0.717) is 10.0 Å². The molecule has 1 aromatic rings. The molecular formula is C9H11BrO2. The molecule has 0 aromatic heterocycles. The molecule has 0 saturated carbocycles. The molecule has 0 radical (unpaired) electrons. The number of rotatable bonds is 2. The molecule has 1 rings (SSSR count). The average molecular weight is 231 g/mol. The van der Waals surface area contributed by atoms with Crippen molar-refractivity contribution in [1.29, 1.82) is 0 Å². The molecule has 0 aliphatic carbocycles. The summed E-state index contributed by atoms with van der Waals surface area (Å²) in [6.07, 6.45) is 0.895. The molecule has 2 nitrogen and oxygen atoms in total. The summed E-state index contributed by atoms with van der Waals surface area (Å²) < 4.78 is 0.644. The summed E-state index contributed by atoms with van der Waals surface area (Å²) in [5, 5.41) is 18.3. The monoisotopic (exact) mass is 230 g/mol. The van der Waals surface area contributed by atoms with Gasteiger partial charge in [-0.15, -0.1) is 0 Å². The molecule has 2 N–H and O–H groups in total. The van der Waals surface area contributed by atoms with Crippen molar-refractivity contribution in [1.82, 2.24) is 0 Å². The van der Waals surface area contributed by atoms with Gasteiger partial charge in [0.15, 0.2) is 0 Å². The Morgan fingerprint density at radius 2 is 2.08 bits per heavy atom. The van der Waals surface area contributed by atoms with Crippen molar-refractivity contribution < 1.29 is 10.2 Å². The largest absolute Gasteiger partial charge is 0.506 e. The fraction of sp³-hybridized carbons (Fsp3) is 0.333. The van der Waals surface area contributed by atoms with Gasteiger partial charge in [-0.25, -0.2) is 0 Å². The average Bonchev–Trinajstić information content (AvgIpc) is 2.09. The van der Waals surface area contributed by atoms with E-state index in [-0.39, 0.29) is 12.4 Å². The summed E-state index contributed by atoms with van der Waals surface area (Å²) in [5.74, 6) is 0.134. The van der Waals surface area contributed by atoms with Gasteiger partial charge < -0.3 is 10.2 Å². The molecule has 12 heavy (non-hydrogen) atoms. The third-order valence-corrected chi connectivity index (χ3v) is 2.39. The van der Waals surface area contributed by atoms with Crippen LogP contribution in [0.4, 0.5) is 0 Å². The fourth-order valence-corrected chi connectivity index (χ4v) is 1.59. The van der Waals surface area contributed by atoms with Crippen LogP contribution in [0, 0.1) is 0 Å². The summed E-state index contributed by atoms with van der Waals surface area (Å²) in [4.78, 5) is 0. The van der Waals surface area contributed by atoms with Crippen molar-refractivity contribution in [3.8, 4) is 5.75 Å². The van der Waals surface area contributed by atoms with E-state index < -0.39 is 0 Å². The van der Waals surface area contributed by atoms with Gasteiger partial charge in [-0.2, -0.15) is 0 Å². The van der Waals surface area contributed by atoms with Gasteiger partial charge in [-0.05, 0) is 40.0 Å². The van der Waals surface area contributed by atoms with E-state index in [1.807, 2.05) is 13.0 Å². The molecule has 0 saturated heterocycles. The Bertz CT molecular complexity index is 284. The molecule has 0 bridgehead atoms. The first-order chi connectivity index (χ1) is 5.69. The molecule has 66 valence electrons. The normalized spacial score (nSPS) is 10.2. The Morgan fingerprint density at radius 3 is 2.58 bits per heavy atom. The van der Waals surface area contributed by atoms with Gasteiger partial charge in [-0.1, -0.05) is 6.92 Å². The maximum absolute atomic E-state index is 9.41. The smallest absolute Gasteiger partial charge is 0.135 e. The summed E-state index contributed by atoms with van der Waals surface area (Å²) in [5.41, 5.74) is 1.67. The zero-order valence-electron chi connectivity index (χ0n) is 6.84. The molecule has 0 atom stereocenters. The Labute approximate surface area is 80.0 Å². The van der Waals surface area contributed by atoms with E-state index in [0.717, 1.165) is 12.0 Å². The third-order valence-electron chi connectivity index (χ3n) is 1.78. The van der Waals surface area contributed by atoms with Crippen LogP contribution >= 0.6 is 15.9 Å². The second kappa shape index (κ2) is 3.92. The van der Waals surface area contributed by atoms with Crippen molar-refractivity contribution in [3.63, 3.8) is 0 Å². The highest BCUT2D eigenvalue weighted by molar-refractivity contribution is 9.10. The molecule has 0 fully saturated rings. The zero-order valence-corrected chi connectivity index (χ0v) is 8.43. The Balaban J connectivity index is 3.19. The maximum atomic E-state index is 9.41. The lowest BCUT2D eigenvalue weighted by Crippen LogP contribution is -1.89. The zero-order chi connectivity index (χ0) is 9.14. The number of aryl methyl sites for hydroxylation is 1. The van der Waals surface area contributed by atoms with Crippen LogP contribution in [-0.2, 0) is 13.0 Å². The van der Waals surface area contributed by atoms with Gasteiger partial charge in [-0.3, -0.25) is 0 Å². The van der Waals surface area contributed by atoms with Crippen molar-refractivity contribution in [2.45, 2.75) is 20.0 Å². The summed E-state index contributed by atoms with van der Waals surface area (Å²) in [7, 11) is 0. The van der Waals surface area contributed by atoms with Crippen LogP contribution in [0.5, 0.6) is 5.75 Å². The van der Waals surface area contributed by atoms with E-state index in [2.05, 4.69) is 15.9 Å². The standard InChI is InChI=1S/C9H11BrO2/c1-2-6-3-7(5-11)9(12)8(10)4-6/h3-4,11-12H,2,5H2,1H3. The quantitative estimate of drug-likeness (QED) is 0.819. The molecule has 1 aromatic carbocycles. The number of aliphatic hydroxyl groups excluding tert-OH is 1. The first-order valence-corrected chi connectivity index (χ1v) is 4.59. The minimum atomic E-state index is -0.127. The highest BCUT2D eigenvalue weighted by atomic mass is 79.9. The van der Waals surface area contributed by atoms with Crippen molar-refractivity contribution in [2.75, 3.05) is 0 Å². The van der Waals surface area contributed by atoms with Gasteiger partial charge in [0.25, 0.3) is 0 Å². The van der Waals surface area contributed by atoms with Crippen molar-refractivity contribution >= 4 is 15.9 Å². The molecule has 0 heterocycles. The van der Waals surface area contributed by atoms with Crippen molar-refractivity contribution in [2.24, 2.45) is 0 Å². The van der Waals surface area contributed by atoms with Crippen LogP contribution in [0.3, 0.4) is 0 Å². The number of hydrogen-bond acceptors (Lipinski definition) is 2. The lowest BCUT2D eigenvalue weighted by atomic mass is 10.1. The highest BCUT2D eigenvalue weighted by Gasteiger charge is 2.05. The SMILES string of the molecule is CCc1cc(Br)c(O)c(CO)c1. The Hall–Kier alpha value is -0.540. The summed E-state index contributed by atoms with van der Waals surface area (Å²) >= 11 is 3.22. The van der Waals surface area contributed by atoms with Gasteiger partial charge in [0.2, 0.25) is 0 Å². The van der Waals surface area contributed by atoms with E-state index in [1.165, 1.54) is 0 Å². The van der Waals surface area contributed by atoms with Crippen molar-refractivity contribution in [3.05, 3.63) is 27.7 Å². The van der Waals surface area contributed by atoms with Crippen LogP contribution < -0.4 is 0 Å². The van der Waals surface area contributed by atoms with Crippen LogP contribution in [0.15, 0.2) is 16.6 Å². The Morgan fingerprint density at radius 1 is 1.42 bits per heavy atom. The second-order valence-corrected chi connectivity index (χ2v) is 3.45. The van der Waals surface area contributed by atoms with Crippen LogP contribution in [0.2, 0.25) is 0 Å². The summed E-state index contributed by atoms with van der Waals surface area (Å²) in [6.45, 7) is 1.90. The highest BCUT2D eigenvalue weighted by Crippen LogP contribution is 2.29. The number of halogens is 1. The first-order valence-electron chi connectivity index (χ1n) is 3.80. The minimum Gasteiger partial charge on any atom is -0.506 e. The second-order valence-electron chi connectivity index (χ2n) is 2.60. The molecule has 0 aliphatic heterocycles. The number of phenols is 1. The molecular weight excluding hydrogens is 220 g/mol. The summed E-state index contributed by atoms with van der Waals surface area (Å²) in [6, 6.07) is 3.66. The maximum Gasteiger partial charge on any atom is 0.135 e. The van der Waals surface area contributed by atoms with Crippen LogP contribution in [0.25, 0.3) is 0 Å². The number of aromatic hydroxyl groups is 1. The van der Waals surface area contributed by atoms with Crippen LogP contribution in [-0.4, -0.2) is 10.2 Å². The predicted octanol–water partition coefficient (Wildman–Crippen LogP) is 2.21. The number of hydrogen-bond donors (Lipinski definition) is 2. The van der Waals surface area contributed by atoms with E-state index in [4.69, 9.17) is 5.11 Å². The first kappa shape index (κ1) is 9.55. The fourth-order valence-electron chi connectivity index (χ4n) is 1.04. The molecule has 0 amide bonds. The van der Waals surface area contributed by atoms with Crippen LogP contribution in [0.1, 0.15) is 18.1 Å². The van der Waals surface area contributed by atoms with Gasteiger partial charge in [0.05, 0.1) is 11.1 Å². The number of aliphatic hydroxyl groups is 1. The van der Waals surface area contributed by atoms with Gasteiger partial charge in [0.1, 0.15) is 5.75 Å². The number of benzene rings is 1. The van der Waals surface area contributed by atoms with Gasteiger partial charge in [0, 0.05) is 5.56 Å². The van der Waals surface area contributed by atoms with E-state index >= 15 is 0 Å². The Kier molecular flexibility index (Phi) is 3.12. The van der Waals surface area contributed by atoms with Gasteiger partial charge >= 0.3 is 0 Å². The van der Waals surface area contributed by atoms with E-state index in [1.54, 1.807) is 6.07 Å². The lowest BCUT2D eigenvalue weighted by molar-refractivity contribution is 0.275. The molecule has 3 heteroatoms. The third kappa shape index (κ3) is 1.79. The molecule has 0 spiro atoms. The lowest BCUT2D eigenvalue weighted by Gasteiger charge is -2.06. The minimum absolute atomic E-state index is 0.127.